The van der Waals surface area contributed by atoms with Crippen molar-refractivity contribution < 1.29 is 14.3 Å². The van der Waals surface area contributed by atoms with Crippen LogP contribution in [0.5, 0.6) is 5.75 Å². The predicted octanol–water partition coefficient (Wildman–Crippen LogP) is 1.61. The lowest BCUT2D eigenvalue weighted by Crippen LogP contribution is -2.32. The Balaban J connectivity index is 1.46. The third kappa shape index (κ3) is 4.07. The van der Waals surface area contributed by atoms with E-state index in [1.807, 2.05) is 24.3 Å². The van der Waals surface area contributed by atoms with E-state index in [4.69, 9.17) is 9.47 Å². The van der Waals surface area contributed by atoms with Crippen LogP contribution in [0.25, 0.3) is 16.9 Å². The number of thioether (sulfide) groups is 1. The highest BCUT2D eigenvalue weighted by Crippen LogP contribution is 2.25. The minimum Gasteiger partial charge on any atom is -0.497 e. The maximum atomic E-state index is 12.1. The summed E-state index contributed by atoms with van der Waals surface area (Å²) in [5.74, 6) is 0.894. The van der Waals surface area contributed by atoms with Crippen molar-refractivity contribution in [3.63, 3.8) is 0 Å². The van der Waals surface area contributed by atoms with Gasteiger partial charge in [-0.05, 0) is 25.0 Å². The van der Waals surface area contributed by atoms with Crippen LogP contribution in [0.1, 0.15) is 12.8 Å². The Morgan fingerprint density at radius 2 is 2.36 bits per heavy atom. The van der Waals surface area contributed by atoms with E-state index in [0.29, 0.717) is 28.5 Å². The van der Waals surface area contributed by atoms with Crippen molar-refractivity contribution in [2.75, 3.05) is 26.0 Å². The molecule has 1 atom stereocenters. The van der Waals surface area contributed by atoms with Crippen molar-refractivity contribution in [2.45, 2.75) is 24.0 Å². The molecule has 146 valence electrons. The van der Waals surface area contributed by atoms with Gasteiger partial charge in [-0.2, -0.15) is 4.68 Å². The highest BCUT2D eigenvalue weighted by Gasteiger charge is 2.18. The Morgan fingerprint density at radius 3 is 3.18 bits per heavy atom. The van der Waals surface area contributed by atoms with Gasteiger partial charge in [-0.1, -0.05) is 23.0 Å². The number of nitrogens with one attached hydrogen (secondary N) is 1. The van der Waals surface area contributed by atoms with Gasteiger partial charge in [0, 0.05) is 19.2 Å². The van der Waals surface area contributed by atoms with Crippen molar-refractivity contribution >= 4 is 28.8 Å². The van der Waals surface area contributed by atoms with Gasteiger partial charge < -0.3 is 14.8 Å². The van der Waals surface area contributed by atoms with Crippen LogP contribution in [0.15, 0.2) is 35.6 Å². The normalized spacial score (nSPS) is 16.4. The van der Waals surface area contributed by atoms with E-state index in [9.17, 15) is 4.79 Å². The summed E-state index contributed by atoms with van der Waals surface area (Å²) in [7, 11) is 1.61. The number of aromatic nitrogens is 5. The number of carbonyl (C=O) groups excluding carboxylic acids is 1. The molecule has 3 heterocycles. The third-order valence-electron chi connectivity index (χ3n) is 4.39. The average molecular weight is 400 g/mol. The number of rotatable bonds is 7. The SMILES string of the molecule is COc1cccc(-n2nnc3c(SCC(=O)NCC4CCCO4)ncnc32)c1. The Kier molecular flexibility index (Phi) is 5.68. The number of methoxy groups -OCH3 is 1. The number of hydrogen-bond acceptors (Lipinski definition) is 8. The van der Waals surface area contributed by atoms with Crippen molar-refractivity contribution in [1.82, 2.24) is 30.3 Å². The first-order valence-electron chi connectivity index (χ1n) is 8.96. The fourth-order valence-corrected chi connectivity index (χ4v) is 3.73. The summed E-state index contributed by atoms with van der Waals surface area (Å²) in [5.41, 5.74) is 1.92. The van der Waals surface area contributed by atoms with E-state index < -0.39 is 0 Å². The van der Waals surface area contributed by atoms with Gasteiger partial charge in [-0.15, -0.1) is 5.10 Å². The summed E-state index contributed by atoms with van der Waals surface area (Å²) in [6, 6.07) is 7.47. The lowest BCUT2D eigenvalue weighted by Gasteiger charge is -2.10. The first-order valence-corrected chi connectivity index (χ1v) is 9.95. The summed E-state index contributed by atoms with van der Waals surface area (Å²) in [4.78, 5) is 20.7. The molecule has 0 radical (unpaired) electrons. The van der Waals surface area contributed by atoms with Crippen LogP contribution < -0.4 is 10.1 Å². The Hall–Kier alpha value is -2.72. The average Bonchev–Trinajstić information content (AvgIpc) is 3.40. The number of amides is 1. The molecule has 1 N–H and O–H groups in total. The van der Waals surface area contributed by atoms with E-state index in [1.54, 1.807) is 11.8 Å². The predicted molar refractivity (Wildman–Crippen MR) is 104 cm³/mol. The van der Waals surface area contributed by atoms with Crippen LogP contribution in [-0.4, -0.2) is 63.0 Å². The van der Waals surface area contributed by atoms with Gasteiger partial charge >= 0.3 is 0 Å². The molecule has 1 unspecified atom stereocenters. The third-order valence-corrected chi connectivity index (χ3v) is 5.37. The number of carbonyl (C=O) groups is 1. The maximum absolute atomic E-state index is 12.1. The summed E-state index contributed by atoms with van der Waals surface area (Å²) < 4.78 is 12.4. The van der Waals surface area contributed by atoms with Gasteiger partial charge in [0.05, 0.1) is 24.7 Å². The van der Waals surface area contributed by atoms with Crippen LogP contribution in [0.4, 0.5) is 0 Å². The summed E-state index contributed by atoms with van der Waals surface area (Å²) in [5, 5.41) is 11.9. The quantitative estimate of drug-likeness (QED) is 0.471. The molecule has 0 spiro atoms. The zero-order chi connectivity index (χ0) is 19.3. The molecule has 9 nitrogen and oxygen atoms in total. The number of benzene rings is 1. The molecule has 2 aromatic heterocycles. The van der Waals surface area contributed by atoms with Crippen molar-refractivity contribution in [2.24, 2.45) is 0 Å². The number of ether oxygens (including phenoxy) is 2. The number of nitrogens with zero attached hydrogens (tertiary/aromatic N) is 5. The monoisotopic (exact) mass is 400 g/mol. The first kappa shape index (κ1) is 18.6. The van der Waals surface area contributed by atoms with Gasteiger partial charge in [0.1, 0.15) is 17.1 Å². The highest BCUT2D eigenvalue weighted by atomic mass is 32.2. The first-order chi connectivity index (χ1) is 13.7. The molecule has 10 heteroatoms. The van der Waals surface area contributed by atoms with E-state index >= 15 is 0 Å². The zero-order valence-electron chi connectivity index (χ0n) is 15.4. The molecule has 3 aromatic rings. The zero-order valence-corrected chi connectivity index (χ0v) is 16.2. The molecular weight excluding hydrogens is 380 g/mol. The van der Waals surface area contributed by atoms with Gasteiger partial charge in [-0.25, -0.2) is 9.97 Å². The van der Waals surface area contributed by atoms with Gasteiger partial charge in [0.25, 0.3) is 0 Å². The molecule has 1 fully saturated rings. The molecule has 1 aliphatic rings. The maximum Gasteiger partial charge on any atom is 0.230 e. The van der Waals surface area contributed by atoms with Gasteiger partial charge in [0.2, 0.25) is 5.91 Å². The van der Waals surface area contributed by atoms with E-state index in [-0.39, 0.29) is 17.8 Å². The minimum absolute atomic E-state index is 0.0625. The van der Waals surface area contributed by atoms with Crippen LogP contribution in [0.3, 0.4) is 0 Å². The van der Waals surface area contributed by atoms with Gasteiger partial charge in [0.15, 0.2) is 11.2 Å². The molecule has 4 rings (SSSR count). The topological polar surface area (TPSA) is 104 Å². The second kappa shape index (κ2) is 8.53. The van der Waals surface area contributed by atoms with E-state index in [0.717, 1.165) is 25.1 Å². The Labute approximate surface area is 165 Å². The molecule has 1 aliphatic heterocycles. The van der Waals surface area contributed by atoms with Crippen molar-refractivity contribution in [3.05, 3.63) is 30.6 Å². The Morgan fingerprint density at radius 1 is 1.43 bits per heavy atom. The largest absolute Gasteiger partial charge is 0.497 e. The molecule has 1 aromatic carbocycles. The summed E-state index contributed by atoms with van der Waals surface area (Å²) in [6.07, 6.45) is 3.63. The van der Waals surface area contributed by atoms with Crippen molar-refractivity contribution in [1.29, 1.82) is 0 Å². The second-order valence-electron chi connectivity index (χ2n) is 6.28. The lowest BCUT2D eigenvalue weighted by molar-refractivity contribution is -0.119. The molecule has 0 bridgehead atoms. The molecule has 0 saturated carbocycles. The molecule has 1 saturated heterocycles. The molecular formula is C18H20N6O3S. The van der Waals surface area contributed by atoms with E-state index in [2.05, 4.69) is 25.6 Å². The minimum atomic E-state index is -0.0625. The number of fused-ring (bicyclic) bond motifs is 1. The smallest absolute Gasteiger partial charge is 0.230 e. The molecule has 1 amide bonds. The molecule has 0 aliphatic carbocycles. The van der Waals surface area contributed by atoms with Crippen LogP contribution in [0, 0.1) is 0 Å². The summed E-state index contributed by atoms with van der Waals surface area (Å²) >= 11 is 1.31. The lowest BCUT2D eigenvalue weighted by atomic mass is 10.2. The fourth-order valence-electron chi connectivity index (χ4n) is 2.97. The Bertz CT molecular complexity index is 973. The van der Waals surface area contributed by atoms with E-state index in [1.165, 1.54) is 18.1 Å². The summed E-state index contributed by atoms with van der Waals surface area (Å²) in [6.45, 7) is 1.32. The highest BCUT2D eigenvalue weighted by molar-refractivity contribution is 8.00. The standard InChI is InChI=1S/C18H20N6O3S/c1-26-13-5-2-4-12(8-13)24-17-16(22-23-24)18(21-11-20-17)28-10-15(25)19-9-14-6-3-7-27-14/h2,4-5,8,11,14H,3,6-7,9-10H2,1H3,(H,19,25). The van der Waals surface area contributed by atoms with Crippen LogP contribution in [0.2, 0.25) is 0 Å². The number of hydrogen-bond donors (Lipinski definition) is 1. The van der Waals surface area contributed by atoms with Crippen molar-refractivity contribution in [3.8, 4) is 11.4 Å². The van der Waals surface area contributed by atoms with Crippen LogP contribution >= 0.6 is 11.8 Å². The fraction of sp³-hybridized carbons (Fsp3) is 0.389. The second-order valence-corrected chi connectivity index (χ2v) is 7.25. The molecule has 28 heavy (non-hydrogen) atoms. The van der Waals surface area contributed by atoms with Crippen LogP contribution in [-0.2, 0) is 9.53 Å². The van der Waals surface area contributed by atoms with Gasteiger partial charge in [-0.3, -0.25) is 4.79 Å².